The van der Waals surface area contributed by atoms with E-state index in [9.17, 15) is 45.5 Å². The van der Waals surface area contributed by atoms with Crippen molar-refractivity contribution in [1.29, 1.82) is 5.26 Å². The summed E-state index contributed by atoms with van der Waals surface area (Å²) in [7, 11) is -3.52. The number of nitrogens with one attached hydrogen (secondary N) is 1. The average Bonchev–Trinajstić information content (AvgIpc) is 3.42. The van der Waals surface area contributed by atoms with Gasteiger partial charge in [-0.05, 0) is 60.7 Å². The number of hydrogen-bond acceptors (Lipinski definition) is 8. The number of benzene rings is 3. The molecule has 0 bridgehead atoms. The van der Waals surface area contributed by atoms with E-state index in [0.717, 1.165) is 12.1 Å². The molecule has 46 heavy (non-hydrogen) atoms. The number of sulfone groups is 1. The molecule has 246 valence electrons. The van der Waals surface area contributed by atoms with Crippen molar-refractivity contribution in [1.82, 2.24) is 5.32 Å². The molecule has 3 aromatic carbocycles. The summed E-state index contributed by atoms with van der Waals surface area (Å²) < 4.78 is 99.1. The standard InChI is InChI=1S/C31H30F5N3O6S/c1-2-46(42,43)27-13-7-21(8-14-27)30(41,15-16-37)38-28(40)20-3-9-23(10-4-20)39-18-26(17-24(39)19-44-29(32)33)45-25-11-5-22(6-12-25)31(34,35)36/h3-14,24,26,29,41H,2,15,17-19H2,1H3,(H,38,40)/t24-,26+,30-/m0/s1. The minimum absolute atomic E-state index is 0.0196. The fourth-order valence-corrected chi connectivity index (χ4v) is 5.92. The van der Waals surface area contributed by atoms with Gasteiger partial charge < -0.3 is 24.8 Å². The van der Waals surface area contributed by atoms with Gasteiger partial charge in [0.1, 0.15) is 11.9 Å². The Morgan fingerprint density at radius 1 is 1.04 bits per heavy atom. The predicted molar refractivity (Wildman–Crippen MR) is 156 cm³/mol. The van der Waals surface area contributed by atoms with Gasteiger partial charge in [-0.15, -0.1) is 0 Å². The number of hydrogen-bond donors (Lipinski definition) is 2. The molecular formula is C31H30F5N3O6S. The fraction of sp³-hybridized carbons (Fsp3) is 0.355. The zero-order valence-electron chi connectivity index (χ0n) is 24.4. The molecule has 1 aliphatic heterocycles. The molecule has 3 atom stereocenters. The van der Waals surface area contributed by atoms with E-state index >= 15 is 0 Å². The predicted octanol–water partition coefficient (Wildman–Crippen LogP) is 5.25. The van der Waals surface area contributed by atoms with Gasteiger partial charge in [-0.1, -0.05) is 19.1 Å². The summed E-state index contributed by atoms with van der Waals surface area (Å²) in [5.41, 5.74) is -2.30. The lowest BCUT2D eigenvalue weighted by Crippen LogP contribution is -2.45. The average molecular weight is 668 g/mol. The third kappa shape index (κ3) is 8.31. The number of carbonyl (C=O) groups excluding carboxylic acids is 1. The van der Waals surface area contributed by atoms with Gasteiger partial charge in [-0.3, -0.25) is 4.79 Å². The number of ether oxygens (including phenoxy) is 2. The highest BCUT2D eigenvalue weighted by atomic mass is 32.2. The first-order valence-corrected chi connectivity index (χ1v) is 15.7. The Morgan fingerprint density at radius 2 is 1.65 bits per heavy atom. The molecule has 0 aliphatic carbocycles. The van der Waals surface area contributed by atoms with Crippen LogP contribution in [0.25, 0.3) is 0 Å². The maximum absolute atomic E-state index is 13.1. The van der Waals surface area contributed by atoms with E-state index in [0.29, 0.717) is 5.69 Å². The summed E-state index contributed by atoms with van der Waals surface area (Å²) in [5, 5.41) is 22.9. The van der Waals surface area contributed by atoms with Crippen molar-refractivity contribution in [3.63, 3.8) is 0 Å². The molecule has 0 radical (unpaired) electrons. The topological polar surface area (TPSA) is 129 Å². The molecule has 1 fully saturated rings. The minimum atomic E-state index is -4.51. The molecular weight excluding hydrogens is 637 g/mol. The smallest absolute Gasteiger partial charge is 0.416 e. The van der Waals surface area contributed by atoms with Crippen molar-refractivity contribution in [3.8, 4) is 11.8 Å². The molecule has 1 heterocycles. The number of aliphatic hydroxyl groups is 1. The first kappa shape index (κ1) is 34.6. The van der Waals surface area contributed by atoms with Gasteiger partial charge in [-0.2, -0.15) is 27.2 Å². The van der Waals surface area contributed by atoms with E-state index in [2.05, 4.69) is 10.1 Å². The summed E-state index contributed by atoms with van der Waals surface area (Å²) >= 11 is 0. The Bertz CT molecular complexity index is 1650. The number of anilines is 1. The molecule has 0 spiro atoms. The number of alkyl halides is 5. The molecule has 1 aliphatic rings. The Kier molecular flexibility index (Phi) is 10.5. The highest BCUT2D eigenvalue weighted by molar-refractivity contribution is 7.91. The van der Waals surface area contributed by atoms with E-state index in [1.165, 1.54) is 55.5 Å². The van der Waals surface area contributed by atoms with Crippen LogP contribution in [-0.2, 0) is 26.5 Å². The first-order chi connectivity index (χ1) is 21.6. The van der Waals surface area contributed by atoms with Crippen molar-refractivity contribution in [2.75, 3.05) is 23.8 Å². The highest BCUT2D eigenvalue weighted by Crippen LogP contribution is 2.33. The third-order valence-electron chi connectivity index (χ3n) is 7.46. The number of amides is 1. The van der Waals surface area contributed by atoms with Crippen LogP contribution in [0.2, 0.25) is 0 Å². The van der Waals surface area contributed by atoms with E-state index in [4.69, 9.17) is 4.74 Å². The second-order valence-corrected chi connectivity index (χ2v) is 12.8. The molecule has 3 aromatic rings. The molecule has 15 heteroatoms. The normalized spacial score (nSPS) is 18.2. The van der Waals surface area contributed by atoms with Crippen LogP contribution < -0.4 is 15.0 Å². The van der Waals surface area contributed by atoms with Gasteiger partial charge in [0.05, 0.1) is 47.9 Å². The Balaban J connectivity index is 1.49. The van der Waals surface area contributed by atoms with Crippen molar-refractivity contribution < 1.29 is 49.7 Å². The lowest BCUT2D eigenvalue weighted by molar-refractivity contribution is -0.137. The molecule has 1 amide bonds. The van der Waals surface area contributed by atoms with Gasteiger partial charge in [0.25, 0.3) is 5.91 Å². The third-order valence-corrected chi connectivity index (χ3v) is 9.21. The molecule has 0 aromatic heterocycles. The minimum Gasteiger partial charge on any atom is -0.489 e. The Labute approximate surface area is 262 Å². The molecule has 9 nitrogen and oxygen atoms in total. The number of halogens is 5. The van der Waals surface area contributed by atoms with Crippen LogP contribution in [0.5, 0.6) is 5.75 Å². The quantitative estimate of drug-likeness (QED) is 0.198. The summed E-state index contributed by atoms with van der Waals surface area (Å²) in [4.78, 5) is 14.9. The van der Waals surface area contributed by atoms with Crippen molar-refractivity contribution >= 4 is 21.4 Å². The summed E-state index contributed by atoms with van der Waals surface area (Å²) in [6.45, 7) is -1.73. The van der Waals surface area contributed by atoms with Crippen LogP contribution in [0.3, 0.4) is 0 Å². The zero-order valence-corrected chi connectivity index (χ0v) is 25.2. The number of nitriles is 1. The van der Waals surface area contributed by atoms with Crippen LogP contribution in [0, 0.1) is 11.3 Å². The molecule has 4 rings (SSSR count). The van der Waals surface area contributed by atoms with Crippen molar-refractivity contribution in [2.24, 2.45) is 0 Å². The molecule has 0 unspecified atom stereocenters. The van der Waals surface area contributed by atoms with Crippen molar-refractivity contribution in [3.05, 3.63) is 89.5 Å². The molecule has 0 saturated carbocycles. The summed E-state index contributed by atoms with van der Waals surface area (Å²) in [5.74, 6) is -0.713. The van der Waals surface area contributed by atoms with Gasteiger partial charge in [-0.25, -0.2) is 8.42 Å². The first-order valence-electron chi connectivity index (χ1n) is 14.0. The lowest BCUT2D eigenvalue weighted by Gasteiger charge is -2.28. The summed E-state index contributed by atoms with van der Waals surface area (Å²) in [6, 6.07) is 16.4. The molecule has 1 saturated heterocycles. The lowest BCUT2D eigenvalue weighted by atomic mass is 9.99. The van der Waals surface area contributed by atoms with Gasteiger partial charge in [0.15, 0.2) is 15.6 Å². The SMILES string of the molecule is CCS(=O)(=O)c1ccc([C@@](O)(CC#N)NC(=O)c2ccc(N3C[C@H](Oc4ccc(C(F)(F)F)cc4)C[C@H]3COC(F)F)cc2)cc1. The van der Waals surface area contributed by atoms with Gasteiger partial charge in [0, 0.05) is 23.2 Å². The Morgan fingerprint density at radius 3 is 2.20 bits per heavy atom. The number of nitrogens with zero attached hydrogens (tertiary/aromatic N) is 2. The largest absolute Gasteiger partial charge is 0.489 e. The second kappa shape index (κ2) is 14.0. The second-order valence-electron chi connectivity index (χ2n) is 10.5. The van der Waals surface area contributed by atoms with E-state index in [1.54, 1.807) is 23.1 Å². The van der Waals surface area contributed by atoms with E-state index in [1.807, 2.05) is 0 Å². The summed E-state index contributed by atoms with van der Waals surface area (Å²) in [6.07, 6.45) is -5.42. The van der Waals surface area contributed by atoms with Crippen LogP contribution in [0.4, 0.5) is 27.6 Å². The molecule has 2 N–H and O–H groups in total. The highest BCUT2D eigenvalue weighted by Gasteiger charge is 2.36. The fourth-order valence-electron chi connectivity index (χ4n) is 5.03. The number of carbonyl (C=O) groups is 1. The van der Waals surface area contributed by atoms with Gasteiger partial charge >= 0.3 is 12.8 Å². The van der Waals surface area contributed by atoms with Crippen molar-refractivity contribution in [2.45, 2.75) is 55.3 Å². The van der Waals surface area contributed by atoms with E-state index in [-0.39, 0.29) is 47.1 Å². The van der Waals surface area contributed by atoms with Crippen LogP contribution >= 0.6 is 0 Å². The van der Waals surface area contributed by atoms with Crippen LogP contribution in [0.1, 0.15) is 41.3 Å². The van der Waals surface area contributed by atoms with Crippen LogP contribution in [-0.4, -0.2) is 57.1 Å². The van der Waals surface area contributed by atoms with Gasteiger partial charge in [0.2, 0.25) is 0 Å². The monoisotopic (exact) mass is 667 g/mol. The van der Waals surface area contributed by atoms with Crippen LogP contribution in [0.15, 0.2) is 77.7 Å². The zero-order chi connectivity index (χ0) is 33.7. The Hall–Kier alpha value is -4.26. The van der Waals surface area contributed by atoms with E-state index < -0.39 is 58.4 Å². The maximum Gasteiger partial charge on any atom is 0.416 e. The maximum atomic E-state index is 13.1. The number of rotatable bonds is 12.